The molecule has 1 aliphatic rings. The number of hydrogen-bond acceptors (Lipinski definition) is 5. The Labute approximate surface area is 319 Å². The Morgan fingerprint density at radius 3 is 2.08 bits per heavy atom. The summed E-state index contributed by atoms with van der Waals surface area (Å²) in [5.41, 5.74) is 2.11. The molecule has 1 fully saturated rings. The van der Waals surface area contributed by atoms with Gasteiger partial charge in [0.05, 0.1) is 25.0 Å². The zero-order valence-corrected chi connectivity index (χ0v) is 32.5. The van der Waals surface area contributed by atoms with Gasteiger partial charge in [0.15, 0.2) is 0 Å². The molecule has 0 bridgehead atoms. The van der Waals surface area contributed by atoms with Crippen LogP contribution in [0, 0.1) is 0 Å². The molecule has 4 rings (SSSR count). The van der Waals surface area contributed by atoms with Gasteiger partial charge in [-0.3, -0.25) is 9.69 Å². The van der Waals surface area contributed by atoms with Gasteiger partial charge < -0.3 is 29.7 Å². The largest absolute Gasteiger partial charge is 0.496 e. The highest BCUT2D eigenvalue weighted by molar-refractivity contribution is 6.35. The molecule has 3 aromatic rings. The molecule has 52 heavy (non-hydrogen) atoms. The molecule has 3 aromatic carbocycles. The van der Waals surface area contributed by atoms with Gasteiger partial charge in [-0.15, -0.1) is 0 Å². The number of methoxy groups -OCH3 is 1. The third kappa shape index (κ3) is 11.5. The number of halogens is 2. The average Bonchev–Trinajstić information content (AvgIpc) is 3.14. The maximum absolute atomic E-state index is 14.7. The number of amides is 5. The van der Waals surface area contributed by atoms with E-state index < -0.39 is 12.1 Å². The average molecular weight is 754 g/mol. The number of unbranched alkanes of at least 4 members (excludes halogenated alkanes) is 4. The number of hydrogen-bond donors (Lipinski definition) is 1. The summed E-state index contributed by atoms with van der Waals surface area (Å²) in [4.78, 5) is 51.8. The highest BCUT2D eigenvalue weighted by atomic mass is 35.5. The lowest BCUT2D eigenvalue weighted by molar-refractivity contribution is -0.127. The summed E-state index contributed by atoms with van der Waals surface area (Å²) in [5, 5.41) is 3.83. The summed E-state index contributed by atoms with van der Waals surface area (Å²) in [7, 11) is 3.63. The van der Waals surface area contributed by atoms with E-state index >= 15 is 0 Å². The summed E-state index contributed by atoms with van der Waals surface area (Å²) in [6.45, 7) is 7.73. The predicted octanol–water partition coefficient (Wildman–Crippen LogP) is 8.30. The molecule has 0 unspecified atom stereocenters. The molecular weight excluding hydrogens is 699 g/mol. The molecule has 0 aliphatic carbocycles. The van der Waals surface area contributed by atoms with Crippen molar-refractivity contribution >= 4 is 52.5 Å². The minimum absolute atomic E-state index is 0.0739. The summed E-state index contributed by atoms with van der Waals surface area (Å²) in [6.07, 6.45) is 6.05. The van der Waals surface area contributed by atoms with Crippen molar-refractivity contribution in [3.05, 3.63) is 88.4 Å². The van der Waals surface area contributed by atoms with E-state index in [1.165, 1.54) is 4.90 Å². The van der Waals surface area contributed by atoms with Gasteiger partial charge in [-0.05, 0) is 56.3 Å². The second-order valence-corrected chi connectivity index (χ2v) is 14.1. The van der Waals surface area contributed by atoms with Gasteiger partial charge in [-0.25, -0.2) is 9.59 Å². The maximum Gasteiger partial charge on any atom is 0.329 e. The van der Waals surface area contributed by atoms with Crippen molar-refractivity contribution in [2.45, 2.75) is 65.0 Å². The van der Waals surface area contributed by atoms with Crippen LogP contribution in [-0.4, -0.2) is 104 Å². The maximum atomic E-state index is 14.7. The minimum atomic E-state index is -0.932. The van der Waals surface area contributed by atoms with Gasteiger partial charge in [0.25, 0.3) is 0 Å². The van der Waals surface area contributed by atoms with Crippen LogP contribution in [-0.2, 0) is 11.3 Å². The van der Waals surface area contributed by atoms with Crippen LogP contribution < -0.4 is 15.0 Å². The lowest BCUT2D eigenvalue weighted by atomic mass is 10.1. The summed E-state index contributed by atoms with van der Waals surface area (Å²) >= 11 is 12.8. The van der Waals surface area contributed by atoms with Crippen LogP contribution >= 0.6 is 23.2 Å². The predicted molar refractivity (Wildman–Crippen MR) is 211 cm³/mol. The second-order valence-electron chi connectivity index (χ2n) is 13.3. The van der Waals surface area contributed by atoms with Gasteiger partial charge >= 0.3 is 12.1 Å². The van der Waals surface area contributed by atoms with E-state index in [0.717, 1.165) is 49.8 Å². The third-order valence-corrected chi connectivity index (χ3v) is 9.71. The van der Waals surface area contributed by atoms with Crippen LogP contribution in [0.25, 0.3) is 0 Å². The van der Waals surface area contributed by atoms with Crippen molar-refractivity contribution in [2.24, 2.45) is 0 Å². The molecule has 0 spiro atoms. The zero-order valence-electron chi connectivity index (χ0n) is 31.0. The number of piperazine rings is 1. The van der Waals surface area contributed by atoms with Crippen molar-refractivity contribution < 1.29 is 19.1 Å². The first-order valence-electron chi connectivity index (χ1n) is 18.4. The van der Waals surface area contributed by atoms with Crippen LogP contribution in [0.15, 0.2) is 72.8 Å². The fourth-order valence-electron chi connectivity index (χ4n) is 6.45. The Balaban J connectivity index is 1.58. The number of anilines is 2. The van der Waals surface area contributed by atoms with E-state index in [9.17, 15) is 14.4 Å². The number of carbonyl (C=O) groups is 3. The number of likely N-dealkylation sites (N-methyl/N-ethyl adjacent to an activating group) is 1. The fraction of sp³-hybridized carbons (Fsp3) is 0.475. The van der Waals surface area contributed by atoms with E-state index in [1.807, 2.05) is 66.5 Å². The van der Waals surface area contributed by atoms with E-state index in [-0.39, 0.29) is 25.0 Å². The van der Waals surface area contributed by atoms with Gasteiger partial charge in [0.2, 0.25) is 5.91 Å². The number of para-hydroxylation sites is 2. The van der Waals surface area contributed by atoms with E-state index in [0.29, 0.717) is 60.7 Å². The summed E-state index contributed by atoms with van der Waals surface area (Å²) in [5.74, 6) is 0.485. The zero-order chi connectivity index (χ0) is 37.5. The van der Waals surface area contributed by atoms with E-state index in [4.69, 9.17) is 27.9 Å². The normalized spacial score (nSPS) is 14.3. The first-order chi connectivity index (χ1) is 25.2. The Hall–Kier alpha value is -3.99. The van der Waals surface area contributed by atoms with Crippen molar-refractivity contribution in [1.29, 1.82) is 0 Å². The Morgan fingerprint density at radius 1 is 0.808 bits per heavy atom. The SMILES string of the molecule is CCCCCN(CCCCC)C(=O)N1CCN(C(=O)N(c2ccccc2)c2cc(Cl)cc(Cl)c2)[C@H](C(=O)NCCN(C)Cc2ccccc2OC)C1. The quantitative estimate of drug-likeness (QED) is 0.140. The molecule has 282 valence electrons. The van der Waals surface area contributed by atoms with Gasteiger partial charge in [0.1, 0.15) is 11.8 Å². The second kappa shape index (κ2) is 20.9. The fourth-order valence-corrected chi connectivity index (χ4v) is 6.97. The number of carbonyl (C=O) groups excluding carboxylic acids is 3. The highest BCUT2D eigenvalue weighted by Crippen LogP contribution is 2.33. The Bertz CT molecular complexity index is 1560. The standard InChI is InChI=1S/C40H54Cl2N6O4/c1-5-7-14-21-45(22-15-8-6-2)39(50)46-24-25-47(40(51)48(34-17-10-9-11-18-34)35-27-32(41)26-33(42)28-35)36(30-46)38(49)43-20-23-44(3)29-31-16-12-13-19-37(31)52-4/h9-13,16-19,26-28,36H,5-8,14-15,20-25,29-30H2,1-4H3,(H,43,49)/t36-/m0/s1. The van der Waals surface area contributed by atoms with E-state index in [2.05, 4.69) is 24.1 Å². The number of ether oxygens (including phenoxy) is 1. The molecule has 0 aromatic heterocycles. The molecule has 10 nitrogen and oxygen atoms in total. The van der Waals surface area contributed by atoms with Crippen molar-refractivity contribution in [3.8, 4) is 5.75 Å². The highest BCUT2D eigenvalue weighted by Gasteiger charge is 2.40. The lowest BCUT2D eigenvalue weighted by Crippen LogP contribution is -2.64. The van der Waals surface area contributed by atoms with Gasteiger partial charge in [0, 0.05) is 61.4 Å². The molecule has 0 saturated carbocycles. The molecule has 1 heterocycles. The van der Waals surface area contributed by atoms with Crippen molar-refractivity contribution in [3.63, 3.8) is 0 Å². The van der Waals surface area contributed by atoms with Crippen LogP contribution in [0.1, 0.15) is 57.9 Å². The molecule has 1 saturated heterocycles. The number of nitrogens with one attached hydrogen (secondary N) is 1. The third-order valence-electron chi connectivity index (χ3n) is 9.27. The van der Waals surface area contributed by atoms with E-state index in [1.54, 1.807) is 35.1 Å². The van der Waals surface area contributed by atoms with Crippen LogP contribution in [0.5, 0.6) is 5.75 Å². The first-order valence-corrected chi connectivity index (χ1v) is 19.2. The van der Waals surface area contributed by atoms with Gasteiger partial charge in [-0.2, -0.15) is 0 Å². The minimum Gasteiger partial charge on any atom is -0.496 e. The van der Waals surface area contributed by atoms with Gasteiger partial charge in [-0.1, -0.05) is 99.1 Å². The van der Waals surface area contributed by atoms with Crippen LogP contribution in [0.3, 0.4) is 0 Å². The Morgan fingerprint density at radius 2 is 1.44 bits per heavy atom. The molecule has 0 radical (unpaired) electrons. The number of nitrogens with zero attached hydrogens (tertiary/aromatic N) is 5. The van der Waals surface area contributed by atoms with Crippen LogP contribution in [0.2, 0.25) is 10.0 Å². The first kappa shape index (κ1) is 40.8. The number of urea groups is 2. The molecule has 1 atom stereocenters. The van der Waals surface area contributed by atoms with Crippen molar-refractivity contribution in [1.82, 2.24) is 24.9 Å². The lowest BCUT2D eigenvalue weighted by Gasteiger charge is -2.43. The smallest absolute Gasteiger partial charge is 0.329 e. The Kier molecular flexibility index (Phi) is 16.4. The number of rotatable bonds is 17. The molecule has 5 amide bonds. The number of benzene rings is 3. The molecule has 1 aliphatic heterocycles. The van der Waals surface area contributed by atoms with Crippen molar-refractivity contribution in [2.75, 3.05) is 64.9 Å². The monoisotopic (exact) mass is 752 g/mol. The summed E-state index contributed by atoms with van der Waals surface area (Å²) < 4.78 is 5.51. The molecule has 1 N–H and O–H groups in total. The summed E-state index contributed by atoms with van der Waals surface area (Å²) in [6, 6.07) is 20.6. The van der Waals surface area contributed by atoms with Crippen LogP contribution in [0.4, 0.5) is 21.0 Å². The molecule has 12 heteroatoms. The molecular formula is C40H54Cl2N6O4. The topological polar surface area (TPSA) is 88.7 Å².